The monoisotopic (exact) mass is 648 g/mol. The standard InChI is InChI=1S/C29H25F5N6O4S/c1-17-12-23(43-3)13-18(2)25(17)37-27(45-15-24(41)42)38-36-14-19-4-6-20(7-5-19)26-35-16-40(39-26)21-8-10-22(11-9-21)44-29(33,34)28(30,31)32/h4-14,16H,15H2,1-3H3,(H,37,38)(H,41,42)/b36-14-. The predicted octanol–water partition coefficient (Wildman–Crippen LogP) is 6.52. The molecule has 0 amide bonds. The van der Waals surface area contributed by atoms with Gasteiger partial charge in [-0.15, -0.1) is 5.10 Å². The smallest absolute Gasteiger partial charge is 0.497 e. The van der Waals surface area contributed by atoms with Crippen LogP contribution in [-0.4, -0.2) is 62.4 Å². The Hall–Kier alpha value is -4.99. The summed E-state index contributed by atoms with van der Waals surface area (Å²) in [6.07, 6.45) is -8.30. The highest BCUT2D eigenvalue weighted by Gasteiger charge is 2.61. The first-order valence-electron chi connectivity index (χ1n) is 12.9. The van der Waals surface area contributed by atoms with Crippen LogP contribution in [0.15, 0.2) is 77.1 Å². The van der Waals surface area contributed by atoms with Gasteiger partial charge in [0, 0.05) is 5.56 Å². The van der Waals surface area contributed by atoms with Gasteiger partial charge in [-0.2, -0.15) is 27.1 Å². The van der Waals surface area contributed by atoms with Crippen molar-refractivity contribution in [3.8, 4) is 28.6 Å². The normalized spacial score (nSPS) is 12.4. The second-order valence-corrected chi connectivity index (χ2v) is 10.3. The van der Waals surface area contributed by atoms with Crippen LogP contribution in [0.4, 0.5) is 27.6 Å². The Morgan fingerprint density at radius 2 is 1.67 bits per heavy atom. The van der Waals surface area contributed by atoms with Gasteiger partial charge in [0.15, 0.2) is 11.0 Å². The number of benzene rings is 3. The Balaban J connectivity index is 1.43. The van der Waals surface area contributed by atoms with E-state index in [4.69, 9.17) is 9.84 Å². The third-order valence-electron chi connectivity index (χ3n) is 5.96. The summed E-state index contributed by atoms with van der Waals surface area (Å²) >= 11 is 0.981. The van der Waals surface area contributed by atoms with Gasteiger partial charge >= 0.3 is 18.3 Å². The molecule has 0 aliphatic carbocycles. The number of hydrazone groups is 1. The fraction of sp³-hybridized carbons (Fsp3) is 0.207. The van der Waals surface area contributed by atoms with Gasteiger partial charge < -0.3 is 14.6 Å². The number of carboxylic acid groups (broad SMARTS) is 1. The molecule has 0 saturated carbocycles. The molecule has 236 valence electrons. The molecule has 0 bridgehead atoms. The first-order valence-corrected chi connectivity index (χ1v) is 13.9. The SMILES string of the molecule is COc1cc(C)c(N=C(N/N=C\c2ccc(-c3ncn(-c4ccc(OC(F)(F)C(F)(F)F)cc4)n3)cc2)SCC(=O)O)c(C)c1. The van der Waals surface area contributed by atoms with E-state index < -0.39 is 24.0 Å². The number of carbonyl (C=O) groups is 1. The topological polar surface area (TPSA) is 123 Å². The molecule has 4 aromatic rings. The number of hydrogen-bond acceptors (Lipinski definition) is 8. The van der Waals surface area contributed by atoms with E-state index in [9.17, 15) is 26.7 Å². The molecular weight excluding hydrogens is 623 g/mol. The second kappa shape index (κ2) is 13.8. The Morgan fingerprint density at radius 3 is 2.24 bits per heavy atom. The minimum atomic E-state index is -5.85. The maximum atomic E-state index is 13.1. The fourth-order valence-corrected chi connectivity index (χ4v) is 4.34. The quantitative estimate of drug-likeness (QED) is 0.0863. The van der Waals surface area contributed by atoms with Crippen molar-refractivity contribution in [2.75, 3.05) is 12.9 Å². The minimum absolute atomic E-state index is 0.226. The van der Waals surface area contributed by atoms with E-state index in [0.29, 0.717) is 34.1 Å². The number of amidine groups is 1. The molecule has 1 aromatic heterocycles. The third kappa shape index (κ3) is 8.56. The Labute approximate surface area is 257 Å². The summed E-state index contributed by atoms with van der Waals surface area (Å²) in [6, 6.07) is 15.1. The van der Waals surface area contributed by atoms with Crippen LogP contribution in [0.2, 0.25) is 0 Å². The van der Waals surface area contributed by atoms with Crippen molar-refractivity contribution in [2.24, 2.45) is 10.1 Å². The van der Waals surface area contributed by atoms with Crippen molar-refractivity contribution in [3.05, 3.63) is 83.7 Å². The number of thioether (sulfide) groups is 1. The van der Waals surface area contributed by atoms with Gasteiger partial charge in [-0.25, -0.2) is 14.7 Å². The number of ether oxygens (including phenoxy) is 2. The van der Waals surface area contributed by atoms with Crippen LogP contribution >= 0.6 is 11.8 Å². The molecular formula is C29H25F5N6O4S. The summed E-state index contributed by atoms with van der Waals surface area (Å²) in [5.41, 5.74) is 6.82. The number of nitrogens with zero attached hydrogens (tertiary/aromatic N) is 5. The van der Waals surface area contributed by atoms with E-state index in [-0.39, 0.29) is 10.9 Å². The van der Waals surface area contributed by atoms with E-state index in [2.05, 4.69) is 30.3 Å². The Bertz CT molecular complexity index is 1680. The maximum absolute atomic E-state index is 13.1. The molecule has 2 N–H and O–H groups in total. The molecule has 10 nitrogen and oxygen atoms in total. The highest BCUT2D eigenvalue weighted by atomic mass is 32.2. The summed E-state index contributed by atoms with van der Waals surface area (Å²) in [7, 11) is 1.57. The van der Waals surface area contributed by atoms with Gasteiger partial charge in [0.2, 0.25) is 0 Å². The van der Waals surface area contributed by atoms with Crippen LogP contribution in [0, 0.1) is 13.8 Å². The van der Waals surface area contributed by atoms with Crippen LogP contribution in [0.1, 0.15) is 16.7 Å². The largest absolute Gasteiger partial charge is 0.499 e. The number of rotatable bonds is 10. The number of nitrogens with one attached hydrogen (secondary N) is 1. The molecule has 4 rings (SSSR count). The Morgan fingerprint density at radius 1 is 1.02 bits per heavy atom. The first-order chi connectivity index (χ1) is 21.3. The molecule has 0 aliphatic rings. The second-order valence-electron chi connectivity index (χ2n) is 9.32. The van der Waals surface area contributed by atoms with Crippen molar-refractivity contribution < 1.29 is 41.3 Å². The Kier molecular flexibility index (Phi) is 10.1. The van der Waals surface area contributed by atoms with Crippen molar-refractivity contribution in [1.82, 2.24) is 20.2 Å². The first kappa shape index (κ1) is 32.9. The molecule has 0 radical (unpaired) electrons. The molecule has 1 heterocycles. The van der Waals surface area contributed by atoms with E-state index in [1.807, 2.05) is 26.0 Å². The zero-order valence-electron chi connectivity index (χ0n) is 23.8. The number of methoxy groups -OCH3 is 1. The lowest BCUT2D eigenvalue weighted by molar-refractivity contribution is -0.360. The van der Waals surface area contributed by atoms with Gasteiger partial charge in [-0.3, -0.25) is 10.2 Å². The summed E-state index contributed by atoms with van der Waals surface area (Å²) in [5.74, 6) is -0.898. The lowest BCUT2D eigenvalue weighted by Gasteiger charge is -2.20. The molecule has 3 aromatic carbocycles. The van der Waals surface area contributed by atoms with Gasteiger partial charge in [-0.05, 0) is 66.9 Å². The highest BCUT2D eigenvalue weighted by molar-refractivity contribution is 8.14. The number of aryl methyl sites for hydroxylation is 2. The lowest BCUT2D eigenvalue weighted by Crippen LogP contribution is -2.41. The maximum Gasteiger partial charge on any atom is 0.499 e. The third-order valence-corrected chi connectivity index (χ3v) is 6.81. The van der Waals surface area contributed by atoms with Crippen molar-refractivity contribution in [3.63, 3.8) is 0 Å². The predicted molar refractivity (Wildman–Crippen MR) is 159 cm³/mol. The summed E-state index contributed by atoms with van der Waals surface area (Å²) in [4.78, 5) is 20.0. The number of halogens is 5. The number of aromatic nitrogens is 3. The highest BCUT2D eigenvalue weighted by Crippen LogP contribution is 2.37. The van der Waals surface area contributed by atoms with Crippen molar-refractivity contribution in [1.29, 1.82) is 0 Å². The van der Waals surface area contributed by atoms with Gasteiger partial charge in [-0.1, -0.05) is 36.0 Å². The van der Waals surface area contributed by atoms with Crippen LogP contribution in [0.3, 0.4) is 0 Å². The summed E-state index contributed by atoms with van der Waals surface area (Å²) in [5, 5.41) is 17.9. The van der Waals surface area contributed by atoms with Gasteiger partial charge in [0.1, 0.15) is 17.8 Å². The molecule has 0 fully saturated rings. The number of hydrogen-bond donors (Lipinski definition) is 2. The van der Waals surface area contributed by atoms with Gasteiger partial charge in [0.05, 0.1) is 30.5 Å². The molecule has 0 unspecified atom stereocenters. The van der Waals surface area contributed by atoms with E-state index in [1.165, 1.54) is 29.4 Å². The number of aliphatic carboxylic acids is 1. The molecule has 45 heavy (non-hydrogen) atoms. The molecule has 0 atom stereocenters. The summed E-state index contributed by atoms with van der Waals surface area (Å²) < 4.78 is 73.8. The number of aliphatic imine (C=N–C) groups is 1. The zero-order valence-corrected chi connectivity index (χ0v) is 24.7. The molecule has 16 heteroatoms. The average Bonchev–Trinajstić information content (AvgIpc) is 3.47. The van der Waals surface area contributed by atoms with Crippen molar-refractivity contribution >= 4 is 34.8 Å². The van der Waals surface area contributed by atoms with Crippen LogP contribution in [0.25, 0.3) is 17.1 Å². The van der Waals surface area contributed by atoms with E-state index >= 15 is 0 Å². The van der Waals surface area contributed by atoms with E-state index in [0.717, 1.165) is 35.0 Å². The average molecular weight is 649 g/mol. The lowest BCUT2D eigenvalue weighted by atomic mass is 10.1. The molecule has 0 saturated heterocycles. The minimum Gasteiger partial charge on any atom is -0.497 e. The fourth-order valence-electron chi connectivity index (χ4n) is 3.80. The van der Waals surface area contributed by atoms with Crippen LogP contribution < -0.4 is 14.9 Å². The summed E-state index contributed by atoms with van der Waals surface area (Å²) in [6.45, 7) is 3.74. The zero-order chi connectivity index (χ0) is 32.8. The van der Waals surface area contributed by atoms with Crippen molar-refractivity contribution in [2.45, 2.75) is 26.1 Å². The van der Waals surface area contributed by atoms with E-state index in [1.54, 1.807) is 31.4 Å². The molecule has 0 spiro atoms. The van der Waals surface area contributed by atoms with Crippen LogP contribution in [-0.2, 0) is 4.79 Å². The number of alkyl halides is 5. The van der Waals surface area contributed by atoms with Crippen LogP contribution in [0.5, 0.6) is 11.5 Å². The number of carboxylic acids is 1. The van der Waals surface area contributed by atoms with Gasteiger partial charge in [0.25, 0.3) is 0 Å². The molecule has 0 aliphatic heterocycles.